The van der Waals surface area contributed by atoms with Crippen LogP contribution in [0.4, 0.5) is 0 Å². The molecule has 0 aromatic heterocycles. The fourth-order valence-electron chi connectivity index (χ4n) is 3.45. The minimum absolute atomic E-state index is 0.807. The van der Waals surface area contributed by atoms with E-state index < -0.39 is 0 Å². The number of ether oxygens (including phenoxy) is 2. The fourth-order valence-corrected chi connectivity index (χ4v) is 4.56. The topological polar surface area (TPSA) is 18.5 Å². The maximum absolute atomic E-state index is 5.77. The summed E-state index contributed by atoms with van der Waals surface area (Å²) in [6.45, 7) is 0. The minimum atomic E-state index is 0.807. The summed E-state index contributed by atoms with van der Waals surface area (Å²) in [5, 5.41) is 4.50. The fraction of sp³-hybridized carbons (Fsp3) is 0.0909. The third kappa shape index (κ3) is 2.68. The molecule has 0 saturated carbocycles. The van der Waals surface area contributed by atoms with E-state index in [0.29, 0.717) is 0 Å². The predicted octanol–water partition coefficient (Wildman–Crippen LogP) is 7.20. The molecule has 4 rings (SSSR count). The first-order valence-corrected chi connectivity index (χ1v) is 9.75. The highest BCUT2D eigenvalue weighted by Gasteiger charge is 2.20. The van der Waals surface area contributed by atoms with Crippen molar-refractivity contribution in [2.45, 2.75) is 0 Å². The quantitative estimate of drug-likeness (QED) is 0.314. The number of halogens is 2. The van der Waals surface area contributed by atoms with Gasteiger partial charge in [0.15, 0.2) is 0 Å². The van der Waals surface area contributed by atoms with Crippen molar-refractivity contribution in [3.8, 4) is 22.6 Å². The molecule has 4 aromatic rings. The van der Waals surface area contributed by atoms with Crippen molar-refractivity contribution in [3.05, 3.63) is 69.6 Å². The van der Waals surface area contributed by atoms with Crippen LogP contribution >= 0.6 is 31.9 Å². The molecule has 0 atom stereocenters. The molecular formula is C22H16Br2O2. The molecule has 0 aliphatic heterocycles. The van der Waals surface area contributed by atoms with Crippen LogP contribution in [0.1, 0.15) is 0 Å². The molecule has 0 N–H and O–H groups in total. The lowest BCUT2D eigenvalue weighted by Crippen LogP contribution is -1.95. The molecular weight excluding hydrogens is 456 g/mol. The zero-order chi connectivity index (χ0) is 18.3. The molecule has 0 aliphatic carbocycles. The predicted molar refractivity (Wildman–Crippen MR) is 115 cm³/mol. The van der Waals surface area contributed by atoms with Crippen LogP contribution in [0.5, 0.6) is 11.5 Å². The van der Waals surface area contributed by atoms with Crippen LogP contribution in [0.2, 0.25) is 0 Å². The van der Waals surface area contributed by atoms with Gasteiger partial charge >= 0.3 is 0 Å². The van der Waals surface area contributed by atoms with Crippen molar-refractivity contribution < 1.29 is 9.47 Å². The summed E-state index contributed by atoms with van der Waals surface area (Å²) >= 11 is 7.35. The van der Waals surface area contributed by atoms with E-state index in [1.54, 1.807) is 14.2 Å². The lowest BCUT2D eigenvalue weighted by Gasteiger charge is -2.19. The number of fused-ring (bicyclic) bond motifs is 2. The van der Waals surface area contributed by atoms with Crippen LogP contribution in [0.25, 0.3) is 32.7 Å². The Balaban J connectivity index is 2.24. The van der Waals surface area contributed by atoms with E-state index in [2.05, 4.69) is 56.1 Å². The molecule has 0 aliphatic rings. The Hall–Kier alpha value is -2.04. The van der Waals surface area contributed by atoms with E-state index in [1.807, 2.05) is 36.4 Å². The standard InChI is InChI=1S/C22H16Br2O2/c1-25-19-11-17(23)13-7-3-5-9-15(13)21(19)22-16-10-6-4-8-14(16)18(24)12-20(22)26-2/h3-12H,1-2H3. The second-order valence-corrected chi connectivity index (χ2v) is 7.67. The summed E-state index contributed by atoms with van der Waals surface area (Å²) in [4.78, 5) is 0. The van der Waals surface area contributed by atoms with E-state index >= 15 is 0 Å². The van der Waals surface area contributed by atoms with E-state index in [-0.39, 0.29) is 0 Å². The minimum Gasteiger partial charge on any atom is -0.496 e. The van der Waals surface area contributed by atoms with Crippen LogP contribution in [-0.4, -0.2) is 14.2 Å². The first kappa shape index (κ1) is 17.4. The first-order valence-electron chi connectivity index (χ1n) is 8.16. The Morgan fingerprint density at radius 1 is 0.577 bits per heavy atom. The van der Waals surface area contributed by atoms with E-state index in [4.69, 9.17) is 9.47 Å². The zero-order valence-corrected chi connectivity index (χ0v) is 17.5. The van der Waals surface area contributed by atoms with Gasteiger partial charge in [0, 0.05) is 20.1 Å². The number of benzene rings is 4. The van der Waals surface area contributed by atoms with Gasteiger partial charge in [-0.2, -0.15) is 0 Å². The molecule has 0 bridgehead atoms. The summed E-state index contributed by atoms with van der Waals surface area (Å²) in [5.41, 5.74) is 2.07. The van der Waals surface area contributed by atoms with Gasteiger partial charge in [0.25, 0.3) is 0 Å². The molecule has 0 amide bonds. The molecule has 0 unspecified atom stereocenters. The van der Waals surface area contributed by atoms with Gasteiger partial charge in [-0.1, -0.05) is 80.4 Å². The summed E-state index contributed by atoms with van der Waals surface area (Å²) < 4.78 is 13.6. The normalized spacial score (nSPS) is 11.1. The Labute approximate surface area is 169 Å². The molecule has 26 heavy (non-hydrogen) atoms. The monoisotopic (exact) mass is 470 g/mol. The molecule has 0 heterocycles. The molecule has 4 aromatic carbocycles. The Bertz CT molecular complexity index is 1040. The summed E-state index contributed by atoms with van der Waals surface area (Å²) in [7, 11) is 3.40. The molecule has 0 spiro atoms. The lowest BCUT2D eigenvalue weighted by atomic mass is 9.92. The third-order valence-corrected chi connectivity index (χ3v) is 5.92. The van der Waals surface area contributed by atoms with Crippen molar-refractivity contribution in [1.29, 1.82) is 0 Å². The summed E-state index contributed by atoms with van der Waals surface area (Å²) in [5.74, 6) is 1.61. The van der Waals surface area contributed by atoms with Gasteiger partial charge in [0.2, 0.25) is 0 Å². The smallest absolute Gasteiger partial charge is 0.128 e. The van der Waals surface area contributed by atoms with Gasteiger partial charge in [0.05, 0.1) is 14.2 Å². The third-order valence-electron chi connectivity index (χ3n) is 4.61. The molecule has 130 valence electrons. The molecule has 2 nitrogen and oxygen atoms in total. The molecule has 0 saturated heterocycles. The largest absolute Gasteiger partial charge is 0.496 e. The Morgan fingerprint density at radius 2 is 0.923 bits per heavy atom. The second-order valence-electron chi connectivity index (χ2n) is 5.96. The maximum Gasteiger partial charge on any atom is 0.128 e. The Kier molecular flexibility index (Phi) is 4.63. The highest BCUT2D eigenvalue weighted by molar-refractivity contribution is 9.11. The number of rotatable bonds is 3. The SMILES string of the molecule is COc1cc(Br)c2ccccc2c1-c1c(OC)cc(Br)c2ccccc12. The van der Waals surface area contributed by atoms with Crippen LogP contribution in [0.3, 0.4) is 0 Å². The van der Waals surface area contributed by atoms with Crippen molar-refractivity contribution in [2.75, 3.05) is 14.2 Å². The lowest BCUT2D eigenvalue weighted by molar-refractivity contribution is 0.411. The Morgan fingerprint density at radius 3 is 1.27 bits per heavy atom. The average Bonchev–Trinajstić information content (AvgIpc) is 2.68. The van der Waals surface area contributed by atoms with Crippen LogP contribution < -0.4 is 9.47 Å². The van der Waals surface area contributed by atoms with Crippen LogP contribution in [0, 0.1) is 0 Å². The van der Waals surface area contributed by atoms with Gasteiger partial charge in [0.1, 0.15) is 11.5 Å². The second kappa shape index (κ2) is 6.93. The van der Waals surface area contributed by atoms with Crippen LogP contribution in [-0.2, 0) is 0 Å². The van der Waals surface area contributed by atoms with Crippen molar-refractivity contribution >= 4 is 53.4 Å². The first-order chi connectivity index (χ1) is 12.7. The van der Waals surface area contributed by atoms with Gasteiger partial charge in [-0.25, -0.2) is 0 Å². The summed E-state index contributed by atoms with van der Waals surface area (Å²) in [6.07, 6.45) is 0. The van der Waals surface area contributed by atoms with Crippen LogP contribution in [0.15, 0.2) is 69.6 Å². The highest BCUT2D eigenvalue weighted by atomic mass is 79.9. The van der Waals surface area contributed by atoms with Gasteiger partial charge < -0.3 is 9.47 Å². The molecule has 0 radical (unpaired) electrons. The van der Waals surface area contributed by atoms with Crippen molar-refractivity contribution in [2.24, 2.45) is 0 Å². The maximum atomic E-state index is 5.77. The van der Waals surface area contributed by atoms with Crippen molar-refractivity contribution in [1.82, 2.24) is 0 Å². The van der Waals surface area contributed by atoms with E-state index in [1.165, 1.54) is 0 Å². The van der Waals surface area contributed by atoms with Gasteiger partial charge in [-0.3, -0.25) is 0 Å². The van der Waals surface area contributed by atoms with Gasteiger partial charge in [-0.05, 0) is 33.7 Å². The number of methoxy groups -OCH3 is 2. The van der Waals surface area contributed by atoms with E-state index in [0.717, 1.165) is 53.1 Å². The van der Waals surface area contributed by atoms with Crippen molar-refractivity contribution in [3.63, 3.8) is 0 Å². The average molecular weight is 472 g/mol. The molecule has 0 fully saturated rings. The van der Waals surface area contributed by atoms with E-state index in [9.17, 15) is 0 Å². The molecule has 4 heteroatoms. The number of hydrogen-bond donors (Lipinski definition) is 0. The van der Waals surface area contributed by atoms with Gasteiger partial charge in [-0.15, -0.1) is 0 Å². The number of hydrogen-bond acceptors (Lipinski definition) is 2. The zero-order valence-electron chi connectivity index (χ0n) is 14.3. The summed E-state index contributed by atoms with van der Waals surface area (Å²) in [6, 6.07) is 20.7. The highest BCUT2D eigenvalue weighted by Crippen LogP contribution is 2.48.